The van der Waals surface area contributed by atoms with Crippen molar-refractivity contribution >= 4 is 0 Å². The Hall–Kier alpha value is -0.940. The summed E-state index contributed by atoms with van der Waals surface area (Å²) < 4.78 is 5.43. The topological polar surface area (TPSA) is 54.2 Å². The van der Waals surface area contributed by atoms with Gasteiger partial charge in [-0.05, 0) is 12.8 Å². The van der Waals surface area contributed by atoms with Crippen LogP contribution in [0.3, 0.4) is 0 Å². The van der Waals surface area contributed by atoms with E-state index in [1.165, 1.54) is 0 Å². The largest absolute Gasteiger partial charge is 0.339 e. The van der Waals surface area contributed by atoms with E-state index in [0.717, 1.165) is 57.2 Å². The lowest BCUT2D eigenvalue weighted by molar-refractivity contribution is 0.155. The Bertz CT molecular complexity index is 373. The predicted octanol–water partition coefficient (Wildman–Crippen LogP) is 2.33. The molecule has 1 aromatic rings. The third-order valence-corrected chi connectivity index (χ3v) is 3.94. The van der Waals surface area contributed by atoms with Gasteiger partial charge in [0.05, 0.1) is 6.04 Å². The minimum Gasteiger partial charge on any atom is -0.339 e. The summed E-state index contributed by atoms with van der Waals surface area (Å²) in [6, 6.07) is 0.314. The van der Waals surface area contributed by atoms with Crippen LogP contribution in [0.2, 0.25) is 0 Å². The molecule has 0 spiro atoms. The molecule has 2 rings (SSSR count). The fourth-order valence-electron chi connectivity index (χ4n) is 2.50. The third-order valence-electron chi connectivity index (χ3n) is 3.94. The van der Waals surface area contributed by atoms with E-state index in [1.54, 1.807) is 0 Å². The Morgan fingerprint density at radius 1 is 1.32 bits per heavy atom. The maximum atomic E-state index is 5.43. The summed E-state index contributed by atoms with van der Waals surface area (Å²) in [5.74, 6) is 2.01. The van der Waals surface area contributed by atoms with Crippen LogP contribution in [-0.4, -0.2) is 41.2 Å². The van der Waals surface area contributed by atoms with Crippen molar-refractivity contribution in [2.75, 3.05) is 26.2 Å². The average molecular weight is 266 g/mol. The van der Waals surface area contributed by atoms with Crippen molar-refractivity contribution in [1.82, 2.24) is 20.4 Å². The van der Waals surface area contributed by atoms with Gasteiger partial charge in [0.1, 0.15) is 0 Å². The van der Waals surface area contributed by atoms with Crippen LogP contribution >= 0.6 is 0 Å². The Kier molecular flexibility index (Phi) is 5.34. The minimum atomic E-state index is 0.314. The zero-order valence-electron chi connectivity index (χ0n) is 12.4. The third kappa shape index (κ3) is 3.54. The first-order chi connectivity index (χ1) is 9.26. The van der Waals surface area contributed by atoms with E-state index < -0.39 is 0 Å². The molecule has 0 aromatic carbocycles. The molecule has 1 aliphatic heterocycles. The number of piperazine rings is 1. The molecule has 0 amide bonds. The first-order valence-electron chi connectivity index (χ1n) is 7.54. The molecule has 108 valence electrons. The Morgan fingerprint density at radius 3 is 2.68 bits per heavy atom. The van der Waals surface area contributed by atoms with E-state index in [1.807, 2.05) is 0 Å². The van der Waals surface area contributed by atoms with E-state index in [4.69, 9.17) is 4.52 Å². The van der Waals surface area contributed by atoms with Gasteiger partial charge in [-0.1, -0.05) is 32.3 Å². The smallest absolute Gasteiger partial charge is 0.229 e. The van der Waals surface area contributed by atoms with Crippen LogP contribution in [0.4, 0.5) is 0 Å². The summed E-state index contributed by atoms with van der Waals surface area (Å²) in [6.07, 6.45) is 3.27. The molecule has 2 atom stereocenters. The summed E-state index contributed by atoms with van der Waals surface area (Å²) >= 11 is 0. The number of hydrogen-bond acceptors (Lipinski definition) is 5. The van der Waals surface area contributed by atoms with Gasteiger partial charge < -0.3 is 9.84 Å². The molecule has 1 fully saturated rings. The van der Waals surface area contributed by atoms with Crippen molar-refractivity contribution in [2.45, 2.75) is 52.0 Å². The molecule has 0 radical (unpaired) electrons. The quantitative estimate of drug-likeness (QED) is 0.856. The van der Waals surface area contributed by atoms with Gasteiger partial charge in [0.25, 0.3) is 0 Å². The van der Waals surface area contributed by atoms with Gasteiger partial charge in [-0.15, -0.1) is 0 Å². The summed E-state index contributed by atoms with van der Waals surface area (Å²) in [7, 11) is 0. The molecule has 5 nitrogen and oxygen atoms in total. The highest BCUT2D eigenvalue weighted by atomic mass is 16.5. The number of nitrogens with one attached hydrogen (secondary N) is 1. The lowest BCUT2D eigenvalue weighted by atomic mass is 10.1. The van der Waals surface area contributed by atoms with E-state index >= 15 is 0 Å². The SMILES string of the molecule is CCCC(c1noc(C(C)CC)n1)N1CCNCC1. The molecule has 5 heteroatoms. The zero-order chi connectivity index (χ0) is 13.7. The molecular weight excluding hydrogens is 240 g/mol. The fourth-order valence-corrected chi connectivity index (χ4v) is 2.50. The predicted molar refractivity (Wildman–Crippen MR) is 75.1 cm³/mol. The van der Waals surface area contributed by atoms with E-state index in [9.17, 15) is 0 Å². The molecule has 2 unspecified atom stereocenters. The van der Waals surface area contributed by atoms with Crippen molar-refractivity contribution in [3.05, 3.63) is 11.7 Å². The standard InChI is InChI=1S/C14H26N4O/c1-4-6-12(18-9-7-15-8-10-18)13-16-14(19-17-13)11(3)5-2/h11-12,15H,4-10H2,1-3H3. The van der Waals surface area contributed by atoms with Crippen LogP contribution in [0.25, 0.3) is 0 Å². The highest BCUT2D eigenvalue weighted by Gasteiger charge is 2.26. The lowest BCUT2D eigenvalue weighted by Gasteiger charge is -2.33. The van der Waals surface area contributed by atoms with Gasteiger partial charge >= 0.3 is 0 Å². The summed E-state index contributed by atoms with van der Waals surface area (Å²) in [5, 5.41) is 7.62. The number of aromatic nitrogens is 2. The van der Waals surface area contributed by atoms with Crippen LogP contribution in [0, 0.1) is 0 Å². The molecule has 1 aliphatic rings. The van der Waals surface area contributed by atoms with Crippen molar-refractivity contribution in [2.24, 2.45) is 0 Å². The first kappa shape index (κ1) is 14.5. The second kappa shape index (κ2) is 7.01. The van der Waals surface area contributed by atoms with E-state index in [2.05, 4.69) is 41.1 Å². The van der Waals surface area contributed by atoms with E-state index in [0.29, 0.717) is 12.0 Å². The average Bonchev–Trinajstić information content (AvgIpc) is 2.94. The molecule has 19 heavy (non-hydrogen) atoms. The van der Waals surface area contributed by atoms with Gasteiger partial charge in [-0.2, -0.15) is 4.98 Å². The first-order valence-corrected chi connectivity index (χ1v) is 7.54. The van der Waals surface area contributed by atoms with E-state index in [-0.39, 0.29) is 0 Å². The lowest BCUT2D eigenvalue weighted by Crippen LogP contribution is -2.45. The second-order valence-corrected chi connectivity index (χ2v) is 5.39. The maximum absolute atomic E-state index is 5.43. The number of hydrogen-bond donors (Lipinski definition) is 1. The fraction of sp³-hybridized carbons (Fsp3) is 0.857. The highest BCUT2D eigenvalue weighted by molar-refractivity contribution is 4.98. The van der Waals surface area contributed by atoms with Crippen molar-refractivity contribution in [3.8, 4) is 0 Å². The number of rotatable bonds is 6. The van der Waals surface area contributed by atoms with Gasteiger partial charge in [0.2, 0.25) is 5.89 Å². The Morgan fingerprint density at radius 2 is 2.05 bits per heavy atom. The van der Waals surface area contributed by atoms with Crippen molar-refractivity contribution in [3.63, 3.8) is 0 Å². The molecule has 1 saturated heterocycles. The van der Waals surface area contributed by atoms with Crippen LogP contribution in [0.5, 0.6) is 0 Å². The van der Waals surface area contributed by atoms with Gasteiger partial charge in [-0.3, -0.25) is 4.90 Å². The minimum absolute atomic E-state index is 0.314. The Balaban J connectivity index is 2.11. The normalized spacial score (nSPS) is 20.4. The number of nitrogens with zero attached hydrogens (tertiary/aromatic N) is 3. The van der Waals surface area contributed by atoms with Crippen LogP contribution in [0.1, 0.15) is 63.7 Å². The molecule has 0 aliphatic carbocycles. The van der Waals surface area contributed by atoms with Gasteiger partial charge in [0, 0.05) is 32.1 Å². The van der Waals surface area contributed by atoms with Gasteiger partial charge in [0.15, 0.2) is 5.82 Å². The Labute approximate surface area is 115 Å². The molecule has 0 bridgehead atoms. The molecule has 2 heterocycles. The summed E-state index contributed by atoms with van der Waals surface area (Å²) in [5.41, 5.74) is 0. The van der Waals surface area contributed by atoms with Crippen LogP contribution in [0.15, 0.2) is 4.52 Å². The molecule has 1 aromatic heterocycles. The van der Waals surface area contributed by atoms with Gasteiger partial charge in [-0.25, -0.2) is 0 Å². The van der Waals surface area contributed by atoms with Crippen LogP contribution < -0.4 is 5.32 Å². The zero-order valence-corrected chi connectivity index (χ0v) is 12.4. The molecule has 1 N–H and O–H groups in total. The molecule has 0 saturated carbocycles. The maximum Gasteiger partial charge on any atom is 0.229 e. The van der Waals surface area contributed by atoms with Crippen molar-refractivity contribution < 1.29 is 4.52 Å². The highest BCUT2D eigenvalue weighted by Crippen LogP contribution is 2.26. The summed E-state index contributed by atoms with van der Waals surface area (Å²) in [4.78, 5) is 7.11. The van der Waals surface area contributed by atoms with Crippen LogP contribution in [-0.2, 0) is 0 Å². The second-order valence-electron chi connectivity index (χ2n) is 5.39. The molecular formula is C14H26N4O. The summed E-state index contributed by atoms with van der Waals surface area (Å²) in [6.45, 7) is 10.7. The monoisotopic (exact) mass is 266 g/mol. The van der Waals surface area contributed by atoms with Crippen molar-refractivity contribution in [1.29, 1.82) is 0 Å².